The maximum absolute atomic E-state index is 12.4. The maximum Gasteiger partial charge on any atom is 0.274 e. The van der Waals surface area contributed by atoms with E-state index in [-0.39, 0.29) is 11.9 Å². The summed E-state index contributed by atoms with van der Waals surface area (Å²) in [5.41, 5.74) is 1.74. The third kappa shape index (κ3) is 2.35. The van der Waals surface area contributed by atoms with Crippen molar-refractivity contribution in [3.05, 3.63) is 47.7 Å². The summed E-state index contributed by atoms with van der Waals surface area (Å²) in [6.45, 7) is 3.24. The lowest BCUT2D eigenvalue weighted by molar-refractivity contribution is 0.0298. The minimum absolute atomic E-state index is 0.0109. The van der Waals surface area contributed by atoms with Crippen molar-refractivity contribution < 1.29 is 9.53 Å². The summed E-state index contributed by atoms with van der Waals surface area (Å²) in [7, 11) is 0. The molecule has 3 heterocycles. The molecule has 1 fully saturated rings. The van der Waals surface area contributed by atoms with Crippen molar-refractivity contribution in [3.8, 4) is 0 Å². The van der Waals surface area contributed by atoms with E-state index in [4.69, 9.17) is 4.74 Å². The minimum Gasteiger partial charge on any atom is -0.378 e. The molecule has 1 amide bonds. The Morgan fingerprint density at radius 2 is 2.00 bits per heavy atom. The van der Waals surface area contributed by atoms with Gasteiger partial charge in [-0.3, -0.25) is 4.79 Å². The third-order valence-corrected chi connectivity index (χ3v) is 4.18. The van der Waals surface area contributed by atoms with Crippen LogP contribution in [0.4, 0.5) is 5.82 Å². The second-order valence-electron chi connectivity index (χ2n) is 5.61. The van der Waals surface area contributed by atoms with Crippen molar-refractivity contribution in [2.24, 2.45) is 0 Å². The molecule has 6 heteroatoms. The Labute approximate surface area is 128 Å². The van der Waals surface area contributed by atoms with Crippen LogP contribution in [0.15, 0.2) is 36.4 Å². The molecule has 0 radical (unpaired) electrons. The molecule has 2 aliphatic rings. The van der Waals surface area contributed by atoms with Gasteiger partial charge in [0.15, 0.2) is 5.69 Å². The number of aromatic nitrogens is 2. The molecule has 0 aliphatic carbocycles. The number of nitrogens with zero attached hydrogens (tertiary/aromatic N) is 3. The van der Waals surface area contributed by atoms with Gasteiger partial charge in [-0.25, -0.2) is 4.68 Å². The van der Waals surface area contributed by atoms with Gasteiger partial charge in [-0.2, -0.15) is 5.10 Å². The topological polar surface area (TPSA) is 59.4 Å². The second-order valence-corrected chi connectivity index (χ2v) is 5.61. The predicted molar refractivity (Wildman–Crippen MR) is 81.8 cm³/mol. The van der Waals surface area contributed by atoms with Gasteiger partial charge in [0.1, 0.15) is 5.82 Å². The largest absolute Gasteiger partial charge is 0.378 e. The Morgan fingerprint density at radius 3 is 2.73 bits per heavy atom. The molecular formula is C16H18N4O2. The summed E-state index contributed by atoms with van der Waals surface area (Å²) in [6.07, 6.45) is 0. The molecule has 2 aliphatic heterocycles. The highest BCUT2D eigenvalue weighted by Gasteiger charge is 2.27. The van der Waals surface area contributed by atoms with Gasteiger partial charge in [-0.05, 0) is 5.56 Å². The molecule has 22 heavy (non-hydrogen) atoms. The quantitative estimate of drug-likeness (QED) is 0.913. The van der Waals surface area contributed by atoms with Crippen molar-refractivity contribution >= 4 is 11.7 Å². The van der Waals surface area contributed by atoms with Crippen LogP contribution in [-0.2, 0) is 11.3 Å². The van der Waals surface area contributed by atoms with Crippen molar-refractivity contribution in [1.82, 2.24) is 14.7 Å². The first-order valence-corrected chi connectivity index (χ1v) is 7.57. The lowest BCUT2D eigenvalue weighted by atomic mass is 10.1. The van der Waals surface area contributed by atoms with Gasteiger partial charge in [0.25, 0.3) is 5.91 Å². The molecule has 4 rings (SSSR count). The number of rotatable bonds is 2. The SMILES string of the molecule is O=C(c1cc2n(n1)CC(c1ccccc1)N2)N1CCOCC1. The van der Waals surface area contributed by atoms with Crippen LogP contribution in [0.5, 0.6) is 0 Å². The fourth-order valence-electron chi connectivity index (χ4n) is 2.98. The molecule has 1 unspecified atom stereocenters. The van der Waals surface area contributed by atoms with E-state index >= 15 is 0 Å². The monoisotopic (exact) mass is 298 g/mol. The standard InChI is InChI=1S/C16H18N4O2/c21-16(19-6-8-22-9-7-19)13-10-15-17-14(11-20(15)18-13)12-4-2-1-3-5-12/h1-5,10,14,17H,6-9,11H2. The van der Waals surface area contributed by atoms with E-state index < -0.39 is 0 Å². The van der Waals surface area contributed by atoms with Gasteiger partial charge >= 0.3 is 0 Å². The zero-order valence-electron chi connectivity index (χ0n) is 12.2. The van der Waals surface area contributed by atoms with Crippen molar-refractivity contribution in [1.29, 1.82) is 0 Å². The Morgan fingerprint density at radius 1 is 1.23 bits per heavy atom. The number of anilines is 1. The molecule has 0 bridgehead atoms. The summed E-state index contributed by atoms with van der Waals surface area (Å²) >= 11 is 0. The molecule has 0 saturated carbocycles. The van der Waals surface area contributed by atoms with E-state index in [1.54, 1.807) is 4.90 Å². The second kappa shape index (κ2) is 5.46. The molecule has 114 valence electrons. The molecule has 2 aromatic rings. The molecular weight excluding hydrogens is 280 g/mol. The predicted octanol–water partition coefficient (Wildman–Crippen LogP) is 1.52. The maximum atomic E-state index is 12.4. The summed E-state index contributed by atoms with van der Waals surface area (Å²) in [5.74, 6) is 0.897. The molecule has 1 aromatic carbocycles. The van der Waals surface area contributed by atoms with Crippen molar-refractivity contribution in [3.63, 3.8) is 0 Å². The molecule has 6 nitrogen and oxygen atoms in total. The number of carbonyl (C=O) groups is 1. The van der Waals surface area contributed by atoms with Crippen LogP contribution < -0.4 is 5.32 Å². The van der Waals surface area contributed by atoms with Crippen molar-refractivity contribution in [2.45, 2.75) is 12.6 Å². The Hall–Kier alpha value is -2.34. The van der Waals surface area contributed by atoms with Crippen LogP contribution in [0.2, 0.25) is 0 Å². The van der Waals surface area contributed by atoms with E-state index in [9.17, 15) is 4.79 Å². The number of carbonyl (C=O) groups excluding carboxylic acids is 1. The first-order chi connectivity index (χ1) is 10.8. The highest BCUT2D eigenvalue weighted by molar-refractivity contribution is 5.93. The Kier molecular flexibility index (Phi) is 3.31. The van der Waals surface area contributed by atoms with Gasteiger partial charge in [0.05, 0.1) is 25.8 Å². The van der Waals surface area contributed by atoms with Gasteiger partial charge in [0.2, 0.25) is 0 Å². The Balaban J connectivity index is 1.49. The van der Waals surface area contributed by atoms with Crippen LogP contribution in [-0.4, -0.2) is 46.9 Å². The van der Waals surface area contributed by atoms with E-state index in [0.29, 0.717) is 32.0 Å². The molecule has 0 spiro atoms. The molecule has 1 aromatic heterocycles. The molecule has 1 saturated heterocycles. The average Bonchev–Trinajstić information content (AvgIpc) is 3.15. The lowest BCUT2D eigenvalue weighted by Gasteiger charge is -2.26. The van der Waals surface area contributed by atoms with E-state index in [0.717, 1.165) is 12.4 Å². The number of amides is 1. The van der Waals surface area contributed by atoms with E-state index in [2.05, 4.69) is 22.5 Å². The molecule has 1 atom stereocenters. The first-order valence-electron chi connectivity index (χ1n) is 7.57. The summed E-state index contributed by atoms with van der Waals surface area (Å²) in [4.78, 5) is 14.2. The number of hydrogen-bond donors (Lipinski definition) is 1. The fraction of sp³-hybridized carbons (Fsp3) is 0.375. The summed E-state index contributed by atoms with van der Waals surface area (Å²) in [5, 5.41) is 7.90. The van der Waals surface area contributed by atoms with Gasteiger partial charge < -0.3 is 15.0 Å². The van der Waals surface area contributed by atoms with Crippen LogP contribution in [0.25, 0.3) is 0 Å². The average molecular weight is 298 g/mol. The van der Waals surface area contributed by atoms with Crippen LogP contribution >= 0.6 is 0 Å². The minimum atomic E-state index is -0.0109. The van der Waals surface area contributed by atoms with Gasteiger partial charge in [-0.15, -0.1) is 0 Å². The highest BCUT2D eigenvalue weighted by Crippen LogP contribution is 2.29. The van der Waals surface area contributed by atoms with E-state index in [1.807, 2.05) is 28.9 Å². The Bertz CT molecular complexity index is 653. The highest BCUT2D eigenvalue weighted by atomic mass is 16.5. The first kappa shape index (κ1) is 13.3. The normalized spacial score (nSPS) is 20.5. The number of ether oxygens (including phenoxy) is 1. The van der Waals surface area contributed by atoms with E-state index in [1.165, 1.54) is 5.56 Å². The summed E-state index contributed by atoms with van der Waals surface area (Å²) in [6, 6.07) is 12.3. The molecule has 1 N–H and O–H groups in total. The van der Waals surface area contributed by atoms with Gasteiger partial charge in [0, 0.05) is 19.2 Å². The smallest absolute Gasteiger partial charge is 0.274 e. The third-order valence-electron chi connectivity index (χ3n) is 4.18. The van der Waals surface area contributed by atoms with Crippen LogP contribution in [0, 0.1) is 0 Å². The van der Waals surface area contributed by atoms with Crippen molar-refractivity contribution in [2.75, 3.05) is 31.6 Å². The number of benzene rings is 1. The number of hydrogen-bond acceptors (Lipinski definition) is 4. The van der Waals surface area contributed by atoms with Crippen LogP contribution in [0.3, 0.4) is 0 Å². The zero-order valence-corrected chi connectivity index (χ0v) is 12.2. The zero-order chi connectivity index (χ0) is 14.9. The fourth-order valence-corrected chi connectivity index (χ4v) is 2.98. The number of fused-ring (bicyclic) bond motifs is 1. The number of nitrogens with one attached hydrogen (secondary N) is 1. The van der Waals surface area contributed by atoms with Gasteiger partial charge in [-0.1, -0.05) is 30.3 Å². The lowest BCUT2D eigenvalue weighted by Crippen LogP contribution is -2.40. The number of morpholine rings is 1. The summed E-state index contributed by atoms with van der Waals surface area (Å²) < 4.78 is 7.16. The van der Waals surface area contributed by atoms with Crippen LogP contribution in [0.1, 0.15) is 22.1 Å².